The van der Waals surface area contributed by atoms with Crippen LogP contribution in [-0.4, -0.2) is 56.1 Å². The van der Waals surface area contributed by atoms with Crippen molar-refractivity contribution < 1.29 is 23.7 Å². The van der Waals surface area contributed by atoms with Gasteiger partial charge in [-0.1, -0.05) is 0 Å². The summed E-state index contributed by atoms with van der Waals surface area (Å²) < 4.78 is 25.2. The third kappa shape index (κ3) is 3.64. The summed E-state index contributed by atoms with van der Waals surface area (Å²) in [5, 5.41) is 30.3. The van der Waals surface area contributed by atoms with Gasteiger partial charge >= 0.3 is 0 Å². The summed E-state index contributed by atoms with van der Waals surface area (Å²) in [5.41, 5.74) is -0.768. The van der Waals surface area contributed by atoms with Crippen LogP contribution in [0.3, 0.4) is 0 Å². The predicted molar refractivity (Wildman–Crippen MR) is 70.3 cm³/mol. The molecular formula is C11H18N2O5S. The molecule has 0 aliphatic heterocycles. The Morgan fingerprint density at radius 1 is 1.05 bits per heavy atom. The van der Waals surface area contributed by atoms with Crippen LogP contribution in [0.5, 0.6) is 0 Å². The Kier molecular flexibility index (Phi) is 5.27. The van der Waals surface area contributed by atoms with Gasteiger partial charge in [0.05, 0.1) is 24.7 Å². The monoisotopic (exact) mass is 290 g/mol. The van der Waals surface area contributed by atoms with Crippen molar-refractivity contribution >= 4 is 15.7 Å². The lowest BCUT2D eigenvalue weighted by Gasteiger charge is -2.29. The molecule has 108 valence electrons. The van der Waals surface area contributed by atoms with Crippen molar-refractivity contribution in [2.45, 2.75) is 10.4 Å². The van der Waals surface area contributed by atoms with Gasteiger partial charge in [-0.3, -0.25) is 0 Å². The van der Waals surface area contributed by atoms with Crippen molar-refractivity contribution in [1.82, 2.24) is 4.72 Å². The summed E-state index contributed by atoms with van der Waals surface area (Å²) >= 11 is 0. The Labute approximate surface area is 111 Å². The molecule has 5 N–H and O–H groups in total. The molecule has 1 rings (SSSR count). The lowest BCUT2D eigenvalue weighted by Crippen LogP contribution is -2.49. The lowest BCUT2D eigenvalue weighted by molar-refractivity contribution is 0.0833. The second-order valence-electron chi connectivity index (χ2n) is 4.11. The van der Waals surface area contributed by atoms with Crippen molar-refractivity contribution in [2.75, 3.05) is 32.2 Å². The van der Waals surface area contributed by atoms with E-state index in [0.29, 0.717) is 5.69 Å². The summed E-state index contributed by atoms with van der Waals surface area (Å²) in [6.07, 6.45) is 0. The zero-order chi connectivity index (χ0) is 14.5. The Balaban J connectivity index is 2.94. The fourth-order valence-corrected chi connectivity index (χ4v) is 2.14. The quantitative estimate of drug-likeness (QED) is 0.427. The van der Waals surface area contributed by atoms with Crippen LogP contribution in [0.2, 0.25) is 0 Å². The molecule has 0 radical (unpaired) electrons. The first-order valence-corrected chi connectivity index (χ1v) is 7.06. The van der Waals surface area contributed by atoms with Crippen molar-refractivity contribution in [1.29, 1.82) is 0 Å². The smallest absolute Gasteiger partial charge is 0.240 e. The first-order chi connectivity index (χ1) is 8.93. The van der Waals surface area contributed by atoms with Gasteiger partial charge in [0.25, 0.3) is 0 Å². The van der Waals surface area contributed by atoms with Crippen LogP contribution in [0, 0.1) is 0 Å². The number of rotatable bonds is 7. The van der Waals surface area contributed by atoms with Gasteiger partial charge in [-0.25, -0.2) is 13.1 Å². The second-order valence-corrected chi connectivity index (χ2v) is 6.00. The van der Waals surface area contributed by atoms with E-state index in [2.05, 4.69) is 10.0 Å². The Bertz CT molecular complexity index is 488. The highest BCUT2D eigenvalue weighted by Crippen LogP contribution is 2.18. The summed E-state index contributed by atoms with van der Waals surface area (Å²) in [6, 6.07) is 5.73. The Hall–Kier alpha value is -1.19. The fourth-order valence-electron chi connectivity index (χ4n) is 1.41. The lowest BCUT2D eigenvalue weighted by atomic mass is 10.0. The molecule has 0 aliphatic rings. The van der Waals surface area contributed by atoms with E-state index in [4.69, 9.17) is 0 Å². The minimum absolute atomic E-state index is 0.100. The van der Waals surface area contributed by atoms with E-state index in [1.807, 2.05) is 0 Å². The van der Waals surface area contributed by atoms with Gasteiger partial charge in [0.2, 0.25) is 10.0 Å². The molecule has 0 heterocycles. The van der Waals surface area contributed by atoms with Crippen LogP contribution >= 0.6 is 0 Å². The highest BCUT2D eigenvalue weighted by atomic mass is 32.2. The van der Waals surface area contributed by atoms with Crippen molar-refractivity contribution in [3.63, 3.8) is 0 Å². The van der Waals surface area contributed by atoms with E-state index in [1.54, 1.807) is 0 Å². The Morgan fingerprint density at radius 3 is 1.89 bits per heavy atom. The summed E-state index contributed by atoms with van der Waals surface area (Å²) in [5.74, 6) is 0. The molecule has 0 fully saturated rings. The fraction of sp³-hybridized carbons (Fsp3) is 0.455. The van der Waals surface area contributed by atoms with E-state index in [-0.39, 0.29) is 4.90 Å². The predicted octanol–water partition coefficient (Wildman–Crippen LogP) is -1.28. The van der Waals surface area contributed by atoms with Crippen LogP contribution in [0.4, 0.5) is 5.69 Å². The average molecular weight is 290 g/mol. The van der Waals surface area contributed by atoms with E-state index < -0.39 is 35.4 Å². The molecule has 7 nitrogen and oxygen atoms in total. The molecule has 0 bridgehead atoms. The van der Waals surface area contributed by atoms with Gasteiger partial charge in [0, 0.05) is 5.69 Å². The van der Waals surface area contributed by atoms with Crippen LogP contribution in [0.1, 0.15) is 0 Å². The molecule has 0 unspecified atom stereocenters. The summed E-state index contributed by atoms with van der Waals surface area (Å²) in [6.45, 7) is -1.39. The van der Waals surface area contributed by atoms with E-state index >= 15 is 0 Å². The zero-order valence-electron chi connectivity index (χ0n) is 10.5. The maximum atomic E-state index is 11.5. The zero-order valence-corrected chi connectivity index (χ0v) is 11.3. The molecule has 1 aromatic carbocycles. The number of benzene rings is 1. The van der Waals surface area contributed by atoms with E-state index in [9.17, 15) is 23.7 Å². The highest BCUT2D eigenvalue weighted by Gasteiger charge is 2.27. The second kappa shape index (κ2) is 6.31. The van der Waals surface area contributed by atoms with Gasteiger partial charge in [-0.05, 0) is 31.3 Å². The minimum Gasteiger partial charge on any atom is -0.394 e. The number of aliphatic hydroxyl groups excluding tert-OH is 3. The molecular weight excluding hydrogens is 272 g/mol. The van der Waals surface area contributed by atoms with Crippen LogP contribution < -0.4 is 10.0 Å². The third-order valence-corrected chi connectivity index (χ3v) is 4.18. The summed E-state index contributed by atoms with van der Waals surface area (Å²) in [4.78, 5) is 0.100. The number of anilines is 1. The molecule has 0 aromatic heterocycles. The first kappa shape index (κ1) is 15.9. The largest absolute Gasteiger partial charge is 0.394 e. The highest BCUT2D eigenvalue weighted by molar-refractivity contribution is 7.89. The maximum Gasteiger partial charge on any atom is 0.240 e. The van der Waals surface area contributed by atoms with Gasteiger partial charge in [-0.2, -0.15) is 0 Å². The van der Waals surface area contributed by atoms with Crippen LogP contribution in [0.25, 0.3) is 0 Å². The summed E-state index contributed by atoms with van der Waals surface area (Å²) in [7, 11) is -2.19. The van der Waals surface area contributed by atoms with Crippen molar-refractivity contribution in [3.8, 4) is 0 Å². The van der Waals surface area contributed by atoms with Crippen molar-refractivity contribution in [3.05, 3.63) is 24.3 Å². The van der Waals surface area contributed by atoms with Gasteiger partial charge < -0.3 is 20.6 Å². The number of aliphatic hydroxyl groups is 3. The molecule has 0 saturated carbocycles. The number of hydrogen-bond acceptors (Lipinski definition) is 6. The Morgan fingerprint density at radius 2 is 1.53 bits per heavy atom. The van der Waals surface area contributed by atoms with Gasteiger partial charge in [0.1, 0.15) is 5.54 Å². The topological polar surface area (TPSA) is 119 Å². The van der Waals surface area contributed by atoms with Crippen LogP contribution in [-0.2, 0) is 10.0 Å². The molecule has 1 aromatic rings. The van der Waals surface area contributed by atoms with Gasteiger partial charge in [0.15, 0.2) is 0 Å². The first-order valence-electron chi connectivity index (χ1n) is 5.57. The molecule has 19 heavy (non-hydrogen) atoms. The average Bonchev–Trinajstić information content (AvgIpc) is 2.45. The van der Waals surface area contributed by atoms with E-state index in [0.717, 1.165) is 0 Å². The number of hydrogen-bond donors (Lipinski definition) is 5. The van der Waals surface area contributed by atoms with E-state index in [1.165, 1.54) is 31.3 Å². The molecule has 0 saturated heterocycles. The number of nitrogens with one attached hydrogen (secondary N) is 2. The number of sulfonamides is 1. The molecule has 8 heteroatoms. The maximum absolute atomic E-state index is 11.5. The van der Waals surface area contributed by atoms with Crippen LogP contribution in [0.15, 0.2) is 29.2 Å². The normalized spacial score (nSPS) is 12.4. The van der Waals surface area contributed by atoms with Crippen molar-refractivity contribution in [2.24, 2.45) is 0 Å². The molecule has 0 spiro atoms. The van der Waals surface area contributed by atoms with Gasteiger partial charge in [-0.15, -0.1) is 0 Å². The molecule has 0 aliphatic carbocycles. The SMILES string of the molecule is CNS(=O)(=O)c1ccc(NC(CO)(CO)CO)cc1. The molecule has 0 amide bonds. The third-order valence-electron chi connectivity index (χ3n) is 2.75. The molecule has 0 atom stereocenters. The minimum atomic E-state index is -3.50. The standard InChI is InChI=1S/C11H18N2O5S/c1-12-19(17,18)10-4-2-9(3-5-10)13-11(6-14,7-15)8-16/h2-5,12-16H,6-8H2,1H3.